The predicted molar refractivity (Wildman–Crippen MR) is 107 cm³/mol. The van der Waals surface area contributed by atoms with Crippen LogP contribution in [0.15, 0.2) is 39.0 Å². The molecule has 3 rings (SSSR count). The number of aromatic amines is 1. The number of carboxylic acid groups (broad SMARTS) is 1. The van der Waals surface area contributed by atoms with E-state index in [0.29, 0.717) is 5.56 Å². The number of rotatable bonds is 7. The summed E-state index contributed by atoms with van der Waals surface area (Å²) >= 11 is 1.01. The topological polar surface area (TPSA) is 139 Å². The molecular weight excluding hydrogens is 417 g/mol. The number of aliphatic carboxylic acids is 1. The molecule has 1 amide bonds. The molecular formula is C18H18FN5O5S. The number of H-pyrrole nitrogens is 1. The zero-order valence-corrected chi connectivity index (χ0v) is 16.8. The molecule has 1 atom stereocenters. The monoisotopic (exact) mass is 435 g/mol. The molecule has 0 saturated carbocycles. The third-order valence-electron chi connectivity index (χ3n) is 4.28. The maximum atomic E-state index is 13.2. The minimum atomic E-state index is -1.22. The van der Waals surface area contributed by atoms with Crippen molar-refractivity contribution in [1.82, 2.24) is 24.4 Å². The average molecular weight is 435 g/mol. The summed E-state index contributed by atoms with van der Waals surface area (Å²) < 4.78 is 15.7. The van der Waals surface area contributed by atoms with E-state index in [-0.39, 0.29) is 28.6 Å². The molecule has 10 nitrogen and oxygen atoms in total. The van der Waals surface area contributed by atoms with E-state index >= 15 is 0 Å². The zero-order chi connectivity index (χ0) is 22.0. The van der Waals surface area contributed by atoms with Crippen molar-refractivity contribution < 1.29 is 19.1 Å². The van der Waals surface area contributed by atoms with Gasteiger partial charge in [-0.2, -0.15) is 0 Å². The third kappa shape index (κ3) is 4.43. The molecule has 2 aromatic heterocycles. The standard InChI is InChI=1S/C18H18FN5O5S/c1-9(25)20-12(16(27)28)8-30-18-21-13-14(22-17(29)23(2)15(13)26)24(18)7-10-3-5-11(19)6-4-10/h3-6,12H,7-8H2,1-2H3,(H,20,25)(H,22,29)(H,27,28)/t12-/m0/s1. The van der Waals surface area contributed by atoms with E-state index in [0.717, 1.165) is 16.3 Å². The summed E-state index contributed by atoms with van der Waals surface area (Å²) in [6, 6.07) is 4.48. The van der Waals surface area contributed by atoms with E-state index in [1.165, 1.54) is 26.1 Å². The highest BCUT2D eigenvalue weighted by Gasteiger charge is 2.22. The van der Waals surface area contributed by atoms with Crippen molar-refractivity contribution in [3.8, 4) is 0 Å². The van der Waals surface area contributed by atoms with Crippen molar-refractivity contribution in [2.75, 3.05) is 5.75 Å². The number of fused-ring (bicyclic) bond motifs is 1. The summed E-state index contributed by atoms with van der Waals surface area (Å²) in [4.78, 5) is 54.0. The second kappa shape index (κ2) is 8.53. The second-order valence-electron chi connectivity index (χ2n) is 6.50. The van der Waals surface area contributed by atoms with Crippen LogP contribution in [0.25, 0.3) is 11.2 Å². The van der Waals surface area contributed by atoms with Crippen LogP contribution in [0.3, 0.4) is 0 Å². The maximum Gasteiger partial charge on any atom is 0.329 e. The molecule has 1 aromatic carbocycles. The summed E-state index contributed by atoms with van der Waals surface area (Å²) in [7, 11) is 1.31. The number of carbonyl (C=O) groups excluding carboxylic acids is 1. The fourth-order valence-electron chi connectivity index (χ4n) is 2.75. The van der Waals surface area contributed by atoms with E-state index in [2.05, 4.69) is 15.3 Å². The van der Waals surface area contributed by atoms with Gasteiger partial charge in [-0.1, -0.05) is 23.9 Å². The minimum absolute atomic E-state index is 0.00751. The molecule has 0 saturated heterocycles. The lowest BCUT2D eigenvalue weighted by atomic mass is 10.2. The Balaban J connectivity index is 2.05. The Morgan fingerprint density at radius 3 is 2.57 bits per heavy atom. The van der Waals surface area contributed by atoms with Gasteiger partial charge in [0.25, 0.3) is 5.56 Å². The lowest BCUT2D eigenvalue weighted by molar-refractivity contribution is -0.140. The van der Waals surface area contributed by atoms with Crippen LogP contribution in [0.4, 0.5) is 4.39 Å². The van der Waals surface area contributed by atoms with Gasteiger partial charge in [0.15, 0.2) is 10.7 Å². The van der Waals surface area contributed by atoms with E-state index in [4.69, 9.17) is 0 Å². The number of aromatic nitrogens is 4. The number of hydrogen-bond donors (Lipinski definition) is 3. The maximum absolute atomic E-state index is 13.2. The summed E-state index contributed by atoms with van der Waals surface area (Å²) in [5, 5.41) is 11.9. The number of imidazole rings is 1. The number of nitrogens with one attached hydrogen (secondary N) is 2. The summed E-state index contributed by atoms with van der Waals surface area (Å²) in [5.74, 6) is -2.19. The Bertz CT molecular complexity index is 1230. The first-order valence-corrected chi connectivity index (χ1v) is 9.72. The van der Waals surface area contributed by atoms with Crippen LogP contribution in [-0.4, -0.2) is 47.9 Å². The second-order valence-corrected chi connectivity index (χ2v) is 7.49. The molecule has 3 aromatic rings. The number of benzene rings is 1. The molecule has 158 valence electrons. The first-order valence-electron chi connectivity index (χ1n) is 8.74. The number of carboxylic acids is 1. The quantitative estimate of drug-likeness (QED) is 0.453. The van der Waals surface area contributed by atoms with Crippen molar-refractivity contribution >= 4 is 34.8 Å². The molecule has 0 radical (unpaired) electrons. The van der Waals surface area contributed by atoms with Gasteiger partial charge in [-0.05, 0) is 17.7 Å². The number of nitrogens with zero attached hydrogens (tertiary/aromatic N) is 3. The van der Waals surface area contributed by atoms with Gasteiger partial charge >= 0.3 is 11.7 Å². The molecule has 3 N–H and O–H groups in total. The van der Waals surface area contributed by atoms with E-state index in [1.807, 2.05) is 0 Å². The van der Waals surface area contributed by atoms with Gasteiger partial charge in [-0.25, -0.2) is 19.0 Å². The van der Waals surface area contributed by atoms with Gasteiger partial charge in [0, 0.05) is 19.7 Å². The van der Waals surface area contributed by atoms with Crippen LogP contribution in [0.5, 0.6) is 0 Å². The average Bonchev–Trinajstić information content (AvgIpc) is 3.02. The van der Waals surface area contributed by atoms with Gasteiger partial charge < -0.3 is 15.0 Å². The Labute approximate surface area is 172 Å². The van der Waals surface area contributed by atoms with Crippen LogP contribution in [-0.2, 0) is 23.2 Å². The van der Waals surface area contributed by atoms with Gasteiger partial charge in [0.2, 0.25) is 5.91 Å². The molecule has 0 aliphatic heterocycles. The number of hydrogen-bond acceptors (Lipinski definition) is 6. The Kier molecular flexibility index (Phi) is 6.06. The van der Waals surface area contributed by atoms with E-state index in [1.54, 1.807) is 16.7 Å². The van der Waals surface area contributed by atoms with Crippen molar-refractivity contribution in [3.05, 3.63) is 56.5 Å². The van der Waals surface area contributed by atoms with E-state index in [9.17, 15) is 28.7 Å². The van der Waals surface area contributed by atoms with Gasteiger partial charge in [0.05, 0.1) is 6.54 Å². The van der Waals surface area contributed by atoms with Crippen LogP contribution >= 0.6 is 11.8 Å². The van der Waals surface area contributed by atoms with Gasteiger partial charge in [-0.15, -0.1) is 0 Å². The van der Waals surface area contributed by atoms with Crippen LogP contribution < -0.4 is 16.6 Å². The zero-order valence-electron chi connectivity index (χ0n) is 16.0. The smallest absolute Gasteiger partial charge is 0.329 e. The SMILES string of the molecule is CC(=O)N[C@@H](CSc1nc2c(=O)n(C)c(=O)[nH]c2n1Cc1ccc(F)cc1)C(=O)O. The molecule has 0 fully saturated rings. The predicted octanol–water partition coefficient (Wildman–Crippen LogP) is 0.292. The first kappa shape index (κ1) is 21.3. The minimum Gasteiger partial charge on any atom is -0.480 e. The lowest BCUT2D eigenvalue weighted by Gasteiger charge is -2.13. The molecule has 0 aliphatic carbocycles. The number of thioether (sulfide) groups is 1. The Morgan fingerprint density at radius 2 is 1.97 bits per heavy atom. The van der Waals surface area contributed by atoms with Crippen LogP contribution in [0, 0.1) is 5.82 Å². The Morgan fingerprint density at radius 1 is 1.30 bits per heavy atom. The highest BCUT2D eigenvalue weighted by molar-refractivity contribution is 7.99. The molecule has 0 bridgehead atoms. The highest BCUT2D eigenvalue weighted by atomic mass is 32.2. The third-order valence-corrected chi connectivity index (χ3v) is 5.35. The van der Waals surface area contributed by atoms with Crippen LogP contribution in [0.1, 0.15) is 12.5 Å². The van der Waals surface area contributed by atoms with Crippen LogP contribution in [0.2, 0.25) is 0 Å². The summed E-state index contributed by atoms with van der Waals surface area (Å²) in [6.45, 7) is 1.36. The molecule has 2 heterocycles. The normalized spacial score (nSPS) is 12.1. The first-order chi connectivity index (χ1) is 14.2. The molecule has 0 unspecified atom stereocenters. The van der Waals surface area contributed by atoms with E-state index < -0.39 is 35.0 Å². The summed E-state index contributed by atoms with van der Waals surface area (Å²) in [6.07, 6.45) is 0. The Hall–Kier alpha value is -3.41. The highest BCUT2D eigenvalue weighted by Crippen LogP contribution is 2.23. The fourth-order valence-corrected chi connectivity index (χ4v) is 3.76. The van der Waals surface area contributed by atoms with Crippen molar-refractivity contribution in [3.63, 3.8) is 0 Å². The molecule has 0 spiro atoms. The number of amides is 1. The largest absolute Gasteiger partial charge is 0.480 e. The fraction of sp³-hybridized carbons (Fsp3) is 0.278. The van der Waals surface area contributed by atoms with Crippen molar-refractivity contribution in [1.29, 1.82) is 0 Å². The summed E-state index contributed by atoms with van der Waals surface area (Å²) in [5.41, 5.74) is -0.388. The van der Waals surface area contributed by atoms with Crippen molar-refractivity contribution in [2.45, 2.75) is 24.7 Å². The van der Waals surface area contributed by atoms with Gasteiger partial charge in [-0.3, -0.25) is 19.1 Å². The number of carbonyl (C=O) groups is 2. The van der Waals surface area contributed by atoms with Crippen molar-refractivity contribution in [2.24, 2.45) is 7.05 Å². The molecule has 0 aliphatic rings. The number of halogens is 1. The molecule has 30 heavy (non-hydrogen) atoms. The molecule has 12 heteroatoms. The lowest BCUT2D eigenvalue weighted by Crippen LogP contribution is -2.41. The van der Waals surface area contributed by atoms with Gasteiger partial charge in [0.1, 0.15) is 17.5 Å².